The molecule has 0 radical (unpaired) electrons. The van der Waals surface area contributed by atoms with E-state index < -0.39 is 0 Å². The molecule has 9 heteroatoms. The van der Waals surface area contributed by atoms with Crippen LogP contribution < -0.4 is 4.90 Å². The SMILES string of the molecule is Cc1cc(C(=O)N(C)CC2CCN(c3ncnc4nc[nH]c34)CC2)nn1C. The van der Waals surface area contributed by atoms with Gasteiger partial charge in [0, 0.05) is 39.4 Å². The predicted molar refractivity (Wildman–Crippen MR) is 102 cm³/mol. The molecule has 3 aromatic heterocycles. The lowest BCUT2D eigenvalue weighted by molar-refractivity contribution is 0.0758. The Hall–Kier alpha value is -2.97. The smallest absolute Gasteiger partial charge is 0.274 e. The number of piperidine rings is 1. The van der Waals surface area contributed by atoms with E-state index in [1.54, 1.807) is 22.2 Å². The minimum atomic E-state index is -0.0175. The standard InChI is InChI=1S/C18H24N8O/c1-12-8-14(23-25(12)3)18(27)24(2)9-13-4-6-26(7-5-13)17-15-16(20-10-19-15)21-11-22-17/h8,10-11,13H,4-7,9H2,1-3H3,(H,19,20,21,22). The van der Waals surface area contributed by atoms with E-state index in [2.05, 4.69) is 29.9 Å². The first-order valence-corrected chi connectivity index (χ1v) is 9.18. The number of aromatic nitrogens is 6. The maximum absolute atomic E-state index is 12.6. The highest BCUT2D eigenvalue weighted by Gasteiger charge is 2.25. The number of fused-ring (bicyclic) bond motifs is 1. The third kappa shape index (κ3) is 3.36. The topological polar surface area (TPSA) is 95.8 Å². The van der Waals surface area contributed by atoms with Crippen LogP contribution in [-0.2, 0) is 7.05 Å². The zero-order valence-electron chi connectivity index (χ0n) is 15.9. The lowest BCUT2D eigenvalue weighted by atomic mass is 9.96. The summed E-state index contributed by atoms with van der Waals surface area (Å²) in [7, 11) is 3.71. The average Bonchev–Trinajstić information content (AvgIpc) is 3.28. The van der Waals surface area contributed by atoms with Crippen LogP contribution in [0.3, 0.4) is 0 Å². The fraction of sp³-hybridized carbons (Fsp3) is 0.500. The van der Waals surface area contributed by atoms with Crippen LogP contribution in [0.1, 0.15) is 29.0 Å². The Kier molecular flexibility index (Phi) is 4.51. The van der Waals surface area contributed by atoms with Gasteiger partial charge in [-0.2, -0.15) is 5.10 Å². The average molecular weight is 368 g/mol. The number of amides is 1. The van der Waals surface area contributed by atoms with Crippen molar-refractivity contribution in [2.75, 3.05) is 31.6 Å². The molecule has 4 rings (SSSR count). The van der Waals surface area contributed by atoms with Gasteiger partial charge in [0.15, 0.2) is 17.2 Å². The first-order chi connectivity index (χ1) is 13.0. The van der Waals surface area contributed by atoms with Gasteiger partial charge in [-0.3, -0.25) is 9.48 Å². The molecule has 0 unspecified atom stereocenters. The molecule has 1 fully saturated rings. The number of aromatic amines is 1. The van der Waals surface area contributed by atoms with Gasteiger partial charge >= 0.3 is 0 Å². The van der Waals surface area contributed by atoms with Crippen molar-refractivity contribution in [2.24, 2.45) is 13.0 Å². The van der Waals surface area contributed by atoms with Gasteiger partial charge in [-0.15, -0.1) is 0 Å². The molecule has 0 saturated carbocycles. The first kappa shape index (κ1) is 17.4. The number of imidazole rings is 1. The maximum Gasteiger partial charge on any atom is 0.274 e. The number of hydrogen-bond donors (Lipinski definition) is 1. The lowest BCUT2D eigenvalue weighted by Gasteiger charge is -2.34. The summed E-state index contributed by atoms with van der Waals surface area (Å²) in [6, 6.07) is 1.84. The van der Waals surface area contributed by atoms with Crippen molar-refractivity contribution in [3.63, 3.8) is 0 Å². The second kappa shape index (κ2) is 6.98. The summed E-state index contributed by atoms with van der Waals surface area (Å²) in [5, 5.41) is 4.29. The van der Waals surface area contributed by atoms with Gasteiger partial charge in [-0.25, -0.2) is 15.0 Å². The Morgan fingerprint density at radius 3 is 2.78 bits per heavy atom. The highest BCUT2D eigenvalue weighted by Crippen LogP contribution is 2.26. The van der Waals surface area contributed by atoms with Crippen molar-refractivity contribution in [3.05, 3.63) is 30.1 Å². The Morgan fingerprint density at radius 1 is 1.30 bits per heavy atom. The number of anilines is 1. The molecule has 27 heavy (non-hydrogen) atoms. The molecule has 9 nitrogen and oxygen atoms in total. The molecule has 1 amide bonds. The van der Waals surface area contributed by atoms with Crippen LogP contribution in [0.5, 0.6) is 0 Å². The van der Waals surface area contributed by atoms with Crippen molar-refractivity contribution in [1.82, 2.24) is 34.6 Å². The van der Waals surface area contributed by atoms with E-state index in [-0.39, 0.29) is 5.91 Å². The van der Waals surface area contributed by atoms with Gasteiger partial charge in [0.1, 0.15) is 11.8 Å². The summed E-state index contributed by atoms with van der Waals surface area (Å²) >= 11 is 0. The molecule has 1 saturated heterocycles. The summed E-state index contributed by atoms with van der Waals surface area (Å²) in [4.78, 5) is 32.6. The Bertz CT molecular complexity index is 934. The fourth-order valence-corrected chi connectivity index (χ4v) is 3.65. The van der Waals surface area contributed by atoms with Crippen LogP contribution >= 0.6 is 0 Å². The molecule has 1 N–H and O–H groups in total. The third-order valence-corrected chi connectivity index (χ3v) is 5.33. The Labute approximate surface area is 157 Å². The van der Waals surface area contributed by atoms with Crippen LogP contribution in [0, 0.1) is 12.8 Å². The number of nitrogens with zero attached hydrogens (tertiary/aromatic N) is 7. The molecule has 142 valence electrons. The van der Waals surface area contributed by atoms with Crippen LogP contribution in [0.2, 0.25) is 0 Å². The molecule has 3 aromatic rings. The predicted octanol–water partition coefficient (Wildman–Crippen LogP) is 1.38. The largest absolute Gasteiger partial charge is 0.355 e. The summed E-state index contributed by atoms with van der Waals surface area (Å²) in [6.07, 6.45) is 5.23. The van der Waals surface area contributed by atoms with Crippen LogP contribution in [0.25, 0.3) is 11.2 Å². The second-order valence-corrected chi connectivity index (χ2v) is 7.21. The summed E-state index contributed by atoms with van der Waals surface area (Å²) < 4.78 is 1.73. The second-order valence-electron chi connectivity index (χ2n) is 7.21. The normalized spacial score (nSPS) is 15.4. The van der Waals surface area contributed by atoms with Gasteiger partial charge in [-0.05, 0) is 31.7 Å². The van der Waals surface area contributed by atoms with Gasteiger partial charge in [0.2, 0.25) is 0 Å². The first-order valence-electron chi connectivity index (χ1n) is 9.18. The fourth-order valence-electron chi connectivity index (χ4n) is 3.65. The maximum atomic E-state index is 12.6. The molecule has 0 atom stereocenters. The van der Waals surface area contributed by atoms with E-state index in [0.29, 0.717) is 17.3 Å². The molecule has 1 aliphatic rings. The molecular weight excluding hydrogens is 344 g/mol. The summed E-state index contributed by atoms with van der Waals surface area (Å²) in [6.45, 7) is 4.50. The van der Waals surface area contributed by atoms with Crippen LogP contribution in [0.4, 0.5) is 5.82 Å². The number of rotatable bonds is 4. The number of H-pyrrole nitrogens is 1. The number of carbonyl (C=O) groups is 1. The van der Waals surface area contributed by atoms with Crippen molar-refractivity contribution in [3.8, 4) is 0 Å². The van der Waals surface area contributed by atoms with Gasteiger partial charge in [0.25, 0.3) is 5.91 Å². The quantitative estimate of drug-likeness (QED) is 0.747. The zero-order valence-corrected chi connectivity index (χ0v) is 15.9. The Balaban J connectivity index is 1.36. The number of hydrogen-bond acceptors (Lipinski definition) is 6. The van der Waals surface area contributed by atoms with Crippen molar-refractivity contribution >= 4 is 22.9 Å². The molecule has 0 aliphatic carbocycles. The van der Waals surface area contributed by atoms with Crippen molar-refractivity contribution < 1.29 is 4.79 Å². The van der Waals surface area contributed by atoms with E-state index in [1.165, 1.54) is 0 Å². The summed E-state index contributed by atoms with van der Waals surface area (Å²) in [5.41, 5.74) is 3.07. The highest BCUT2D eigenvalue weighted by molar-refractivity contribution is 5.92. The minimum absolute atomic E-state index is 0.0175. The lowest BCUT2D eigenvalue weighted by Crippen LogP contribution is -2.40. The molecule has 0 spiro atoms. The molecule has 4 heterocycles. The van der Waals surface area contributed by atoms with E-state index in [0.717, 1.165) is 49.5 Å². The number of nitrogens with one attached hydrogen (secondary N) is 1. The molecule has 0 aromatic carbocycles. The zero-order chi connectivity index (χ0) is 19.0. The number of carbonyl (C=O) groups excluding carboxylic acids is 1. The van der Waals surface area contributed by atoms with Gasteiger partial charge < -0.3 is 14.8 Å². The van der Waals surface area contributed by atoms with E-state index in [1.807, 2.05) is 27.1 Å². The van der Waals surface area contributed by atoms with Crippen LogP contribution in [0.15, 0.2) is 18.7 Å². The van der Waals surface area contributed by atoms with E-state index >= 15 is 0 Å². The Morgan fingerprint density at radius 2 is 2.07 bits per heavy atom. The van der Waals surface area contributed by atoms with Crippen molar-refractivity contribution in [2.45, 2.75) is 19.8 Å². The van der Waals surface area contributed by atoms with Gasteiger partial charge in [0.05, 0.1) is 6.33 Å². The molecule has 0 bridgehead atoms. The monoisotopic (exact) mass is 368 g/mol. The van der Waals surface area contributed by atoms with E-state index in [4.69, 9.17) is 0 Å². The minimum Gasteiger partial charge on any atom is -0.355 e. The molecular formula is C18H24N8O. The summed E-state index contributed by atoms with van der Waals surface area (Å²) in [5.74, 6) is 1.36. The van der Waals surface area contributed by atoms with Crippen LogP contribution in [-0.4, -0.2) is 67.2 Å². The van der Waals surface area contributed by atoms with Gasteiger partial charge in [-0.1, -0.05) is 0 Å². The number of aryl methyl sites for hydroxylation is 2. The van der Waals surface area contributed by atoms with Crippen molar-refractivity contribution in [1.29, 1.82) is 0 Å². The highest BCUT2D eigenvalue weighted by atomic mass is 16.2. The third-order valence-electron chi connectivity index (χ3n) is 5.33. The molecule has 1 aliphatic heterocycles. The van der Waals surface area contributed by atoms with E-state index in [9.17, 15) is 4.79 Å².